The normalized spacial score (nSPS) is 17.2. The van der Waals surface area contributed by atoms with E-state index in [2.05, 4.69) is 5.32 Å². The van der Waals surface area contributed by atoms with Gasteiger partial charge in [0.05, 0.1) is 29.5 Å². The van der Waals surface area contributed by atoms with Crippen molar-refractivity contribution in [2.75, 3.05) is 44.7 Å². The van der Waals surface area contributed by atoms with Crippen LogP contribution in [0, 0.1) is 6.92 Å². The Kier molecular flexibility index (Phi) is 7.04. The average molecular weight is 492 g/mol. The van der Waals surface area contributed by atoms with Crippen molar-refractivity contribution in [1.82, 2.24) is 9.21 Å². The summed E-state index contributed by atoms with van der Waals surface area (Å²) >= 11 is 6.21. The number of ether oxygens (including phenoxy) is 1. The minimum Gasteiger partial charge on any atom is -0.379 e. The van der Waals surface area contributed by atoms with Gasteiger partial charge in [-0.1, -0.05) is 23.7 Å². The number of anilines is 1. The Hall–Kier alpha value is -2.46. The van der Waals surface area contributed by atoms with E-state index < -0.39 is 15.9 Å². The van der Waals surface area contributed by atoms with Gasteiger partial charge in [-0.15, -0.1) is 0 Å². The molecule has 2 saturated heterocycles. The van der Waals surface area contributed by atoms with Gasteiger partial charge in [0.1, 0.15) is 4.90 Å². The number of nitrogens with one attached hydrogen (secondary N) is 1. The van der Waals surface area contributed by atoms with E-state index in [1.54, 1.807) is 17.0 Å². The first kappa shape index (κ1) is 23.7. The van der Waals surface area contributed by atoms with Crippen LogP contribution in [0.5, 0.6) is 0 Å². The largest absolute Gasteiger partial charge is 0.379 e. The summed E-state index contributed by atoms with van der Waals surface area (Å²) in [5.41, 5.74) is 1.71. The molecule has 0 aliphatic carbocycles. The number of nitrogens with zero attached hydrogens (tertiary/aromatic N) is 2. The van der Waals surface area contributed by atoms with Crippen molar-refractivity contribution >= 4 is 39.1 Å². The highest BCUT2D eigenvalue weighted by Gasteiger charge is 2.29. The molecule has 2 aromatic carbocycles. The van der Waals surface area contributed by atoms with E-state index in [0.717, 1.165) is 18.4 Å². The first-order chi connectivity index (χ1) is 15.8. The van der Waals surface area contributed by atoms with Crippen molar-refractivity contribution in [2.24, 2.45) is 0 Å². The summed E-state index contributed by atoms with van der Waals surface area (Å²) in [6.45, 7) is 4.25. The molecular formula is C23H26ClN3O5S. The van der Waals surface area contributed by atoms with E-state index in [1.165, 1.54) is 22.5 Å². The molecule has 2 aliphatic rings. The Morgan fingerprint density at radius 1 is 1.03 bits per heavy atom. The van der Waals surface area contributed by atoms with E-state index in [4.69, 9.17) is 16.3 Å². The molecule has 0 atom stereocenters. The SMILES string of the molecule is Cc1cccc(C(=O)N2CCCC2)c1NC(=O)c1ccc(Cl)c(S(=O)(=O)N2CCOCC2)c1. The highest BCUT2D eigenvalue weighted by atomic mass is 35.5. The number of hydrogen-bond acceptors (Lipinski definition) is 5. The number of sulfonamides is 1. The maximum Gasteiger partial charge on any atom is 0.255 e. The highest BCUT2D eigenvalue weighted by molar-refractivity contribution is 7.89. The van der Waals surface area contributed by atoms with Crippen LogP contribution in [0.2, 0.25) is 5.02 Å². The van der Waals surface area contributed by atoms with Crippen molar-refractivity contribution in [1.29, 1.82) is 0 Å². The van der Waals surface area contributed by atoms with Gasteiger partial charge >= 0.3 is 0 Å². The number of benzene rings is 2. The van der Waals surface area contributed by atoms with E-state index in [0.29, 0.717) is 37.6 Å². The lowest BCUT2D eigenvalue weighted by Gasteiger charge is -2.26. The van der Waals surface area contributed by atoms with Crippen LogP contribution in [0.3, 0.4) is 0 Å². The van der Waals surface area contributed by atoms with Crippen LogP contribution in [0.15, 0.2) is 41.3 Å². The first-order valence-electron chi connectivity index (χ1n) is 10.9. The summed E-state index contributed by atoms with van der Waals surface area (Å²) in [7, 11) is -3.88. The predicted octanol–water partition coefficient (Wildman–Crippen LogP) is 3.16. The average Bonchev–Trinajstić information content (AvgIpc) is 3.35. The minimum absolute atomic E-state index is 0.0406. The lowest BCUT2D eigenvalue weighted by Crippen LogP contribution is -2.40. The molecule has 4 rings (SSSR count). The summed E-state index contributed by atoms with van der Waals surface area (Å²) in [5, 5.41) is 2.86. The fourth-order valence-electron chi connectivity index (χ4n) is 4.06. The molecular weight excluding hydrogens is 466 g/mol. The van der Waals surface area contributed by atoms with Crippen LogP contribution in [0.25, 0.3) is 0 Å². The third kappa shape index (κ3) is 4.91. The Balaban J connectivity index is 1.62. The van der Waals surface area contributed by atoms with Gasteiger partial charge in [-0.25, -0.2) is 8.42 Å². The molecule has 10 heteroatoms. The van der Waals surface area contributed by atoms with Gasteiger partial charge in [0.15, 0.2) is 0 Å². The first-order valence-corrected chi connectivity index (χ1v) is 12.7. The van der Waals surface area contributed by atoms with Gasteiger partial charge in [0.25, 0.3) is 11.8 Å². The summed E-state index contributed by atoms with van der Waals surface area (Å²) in [6, 6.07) is 9.44. The van der Waals surface area contributed by atoms with Crippen LogP contribution >= 0.6 is 11.6 Å². The number of hydrogen-bond donors (Lipinski definition) is 1. The van der Waals surface area contributed by atoms with Crippen LogP contribution in [0.4, 0.5) is 5.69 Å². The molecule has 0 aromatic heterocycles. The Bertz CT molecular complexity index is 1170. The Labute approximate surface area is 198 Å². The van der Waals surface area contributed by atoms with Crippen LogP contribution in [0.1, 0.15) is 39.1 Å². The number of rotatable bonds is 5. The summed E-state index contributed by atoms with van der Waals surface area (Å²) in [4.78, 5) is 27.8. The highest BCUT2D eigenvalue weighted by Crippen LogP contribution is 2.28. The topological polar surface area (TPSA) is 96.0 Å². The van der Waals surface area contributed by atoms with E-state index in [-0.39, 0.29) is 34.5 Å². The van der Waals surface area contributed by atoms with Crippen molar-refractivity contribution in [3.63, 3.8) is 0 Å². The molecule has 2 amide bonds. The van der Waals surface area contributed by atoms with E-state index in [1.807, 2.05) is 13.0 Å². The number of likely N-dealkylation sites (tertiary alicyclic amines) is 1. The molecule has 176 valence electrons. The number of amides is 2. The molecule has 33 heavy (non-hydrogen) atoms. The third-order valence-corrected chi connectivity index (χ3v) is 8.30. The van der Waals surface area contributed by atoms with E-state index >= 15 is 0 Å². The van der Waals surface area contributed by atoms with E-state index in [9.17, 15) is 18.0 Å². The van der Waals surface area contributed by atoms with Crippen molar-refractivity contribution < 1.29 is 22.7 Å². The molecule has 0 radical (unpaired) electrons. The quantitative estimate of drug-likeness (QED) is 0.693. The summed E-state index contributed by atoms with van der Waals surface area (Å²) < 4.78 is 32.7. The molecule has 2 heterocycles. The van der Waals surface area contributed by atoms with Gasteiger partial charge in [0.2, 0.25) is 10.0 Å². The Morgan fingerprint density at radius 2 is 1.73 bits per heavy atom. The molecule has 2 aliphatic heterocycles. The second kappa shape index (κ2) is 9.80. The molecule has 8 nitrogen and oxygen atoms in total. The third-order valence-electron chi connectivity index (χ3n) is 5.92. The molecule has 0 bridgehead atoms. The zero-order valence-corrected chi connectivity index (χ0v) is 19.9. The molecule has 0 unspecified atom stereocenters. The van der Waals surface area contributed by atoms with Gasteiger partial charge in [-0.05, 0) is 49.6 Å². The maximum atomic E-state index is 13.1. The number of carbonyl (C=O) groups is 2. The lowest BCUT2D eigenvalue weighted by molar-refractivity contribution is 0.0730. The molecule has 2 fully saturated rings. The standard InChI is InChI=1S/C23H26ClN3O5S/c1-16-5-4-6-18(23(29)26-9-2-3-10-26)21(16)25-22(28)17-7-8-19(24)20(15-17)33(30,31)27-11-13-32-14-12-27/h4-8,15H,2-3,9-14H2,1H3,(H,25,28). The van der Waals surface area contributed by atoms with Crippen molar-refractivity contribution in [3.8, 4) is 0 Å². The molecule has 1 N–H and O–H groups in total. The zero-order valence-electron chi connectivity index (χ0n) is 18.3. The van der Waals surface area contributed by atoms with Crippen LogP contribution in [-0.2, 0) is 14.8 Å². The number of morpholine rings is 1. The lowest BCUT2D eigenvalue weighted by atomic mass is 10.1. The molecule has 0 saturated carbocycles. The van der Waals surface area contributed by atoms with Crippen LogP contribution < -0.4 is 5.32 Å². The van der Waals surface area contributed by atoms with Crippen LogP contribution in [-0.4, -0.2) is 68.8 Å². The monoisotopic (exact) mass is 491 g/mol. The second-order valence-corrected chi connectivity index (χ2v) is 10.4. The van der Waals surface area contributed by atoms with Gasteiger partial charge in [-0.2, -0.15) is 4.31 Å². The number of carbonyl (C=O) groups excluding carboxylic acids is 2. The fourth-order valence-corrected chi connectivity index (χ4v) is 5.96. The molecule has 2 aromatic rings. The second-order valence-electron chi connectivity index (χ2n) is 8.11. The minimum atomic E-state index is -3.88. The zero-order chi connectivity index (χ0) is 23.6. The van der Waals surface area contributed by atoms with Gasteiger partial charge < -0.3 is 15.0 Å². The van der Waals surface area contributed by atoms with Crippen molar-refractivity contribution in [2.45, 2.75) is 24.7 Å². The molecule has 0 spiro atoms. The van der Waals surface area contributed by atoms with Gasteiger partial charge in [-0.3, -0.25) is 9.59 Å². The predicted molar refractivity (Wildman–Crippen MR) is 125 cm³/mol. The summed E-state index contributed by atoms with van der Waals surface area (Å²) in [5.74, 6) is -0.645. The maximum absolute atomic E-state index is 13.1. The number of para-hydroxylation sites is 1. The number of aryl methyl sites for hydroxylation is 1. The number of halogens is 1. The van der Waals surface area contributed by atoms with Crippen molar-refractivity contribution in [3.05, 3.63) is 58.1 Å². The van der Waals surface area contributed by atoms with Gasteiger partial charge in [0, 0.05) is 31.7 Å². The smallest absolute Gasteiger partial charge is 0.255 e. The Morgan fingerprint density at radius 3 is 2.42 bits per heavy atom. The fraction of sp³-hybridized carbons (Fsp3) is 0.391. The summed E-state index contributed by atoms with van der Waals surface area (Å²) in [6.07, 6.45) is 1.93.